The van der Waals surface area contributed by atoms with Gasteiger partial charge in [-0.2, -0.15) is 0 Å². The van der Waals surface area contributed by atoms with Crippen LogP contribution in [-0.2, 0) is 6.54 Å². The highest BCUT2D eigenvalue weighted by Crippen LogP contribution is 2.25. The summed E-state index contributed by atoms with van der Waals surface area (Å²) in [6, 6.07) is 8.72. The minimum absolute atomic E-state index is 0.149. The fraction of sp³-hybridized carbons (Fsp3) is 0.333. The molecule has 0 amide bonds. The fourth-order valence-electron chi connectivity index (χ4n) is 1.98. The SMILES string of the molecule is CCOc1ccccc1C(O)Cn1cnc(C)cc1=O. The average Bonchev–Trinajstić information content (AvgIpc) is 2.43. The van der Waals surface area contributed by atoms with Crippen LogP contribution < -0.4 is 10.3 Å². The summed E-state index contributed by atoms with van der Waals surface area (Å²) < 4.78 is 6.87. The van der Waals surface area contributed by atoms with Gasteiger partial charge < -0.3 is 9.84 Å². The van der Waals surface area contributed by atoms with Gasteiger partial charge in [-0.15, -0.1) is 0 Å². The first-order chi connectivity index (χ1) is 9.61. The summed E-state index contributed by atoms with van der Waals surface area (Å²) >= 11 is 0. The molecule has 20 heavy (non-hydrogen) atoms. The van der Waals surface area contributed by atoms with Gasteiger partial charge in [0.15, 0.2) is 0 Å². The van der Waals surface area contributed by atoms with E-state index in [9.17, 15) is 9.90 Å². The molecule has 0 aliphatic rings. The smallest absolute Gasteiger partial charge is 0.253 e. The average molecular weight is 274 g/mol. The minimum Gasteiger partial charge on any atom is -0.493 e. The molecule has 0 bridgehead atoms. The quantitative estimate of drug-likeness (QED) is 0.901. The number of hydrogen-bond acceptors (Lipinski definition) is 4. The van der Waals surface area contributed by atoms with E-state index < -0.39 is 6.10 Å². The summed E-state index contributed by atoms with van der Waals surface area (Å²) in [4.78, 5) is 15.9. The number of benzene rings is 1. The molecule has 5 heteroatoms. The van der Waals surface area contributed by atoms with Gasteiger partial charge in [0, 0.05) is 17.3 Å². The summed E-state index contributed by atoms with van der Waals surface area (Å²) in [5, 5.41) is 10.3. The molecule has 1 aromatic carbocycles. The second-order valence-corrected chi connectivity index (χ2v) is 4.51. The van der Waals surface area contributed by atoms with Crippen LogP contribution in [0, 0.1) is 6.92 Å². The van der Waals surface area contributed by atoms with E-state index >= 15 is 0 Å². The highest BCUT2D eigenvalue weighted by atomic mass is 16.5. The minimum atomic E-state index is -0.819. The maximum absolute atomic E-state index is 11.8. The zero-order valence-corrected chi connectivity index (χ0v) is 11.6. The molecule has 0 aliphatic heterocycles. The molecule has 0 saturated carbocycles. The molecular weight excluding hydrogens is 256 g/mol. The van der Waals surface area contributed by atoms with E-state index in [2.05, 4.69) is 4.98 Å². The van der Waals surface area contributed by atoms with Gasteiger partial charge in [-0.25, -0.2) is 4.98 Å². The molecule has 5 nitrogen and oxygen atoms in total. The Bertz CT molecular complexity index is 637. The Morgan fingerprint density at radius 1 is 1.40 bits per heavy atom. The Kier molecular flexibility index (Phi) is 4.53. The first-order valence-corrected chi connectivity index (χ1v) is 6.54. The molecule has 0 radical (unpaired) electrons. The number of para-hydroxylation sites is 1. The van der Waals surface area contributed by atoms with Crippen LogP contribution in [0.3, 0.4) is 0 Å². The molecular formula is C15H18N2O3. The van der Waals surface area contributed by atoms with Crippen LogP contribution in [0.4, 0.5) is 0 Å². The van der Waals surface area contributed by atoms with Gasteiger partial charge in [0.25, 0.3) is 5.56 Å². The highest BCUT2D eigenvalue weighted by molar-refractivity contribution is 5.35. The Morgan fingerprint density at radius 3 is 2.85 bits per heavy atom. The largest absolute Gasteiger partial charge is 0.493 e. The van der Waals surface area contributed by atoms with Crippen molar-refractivity contribution in [3.63, 3.8) is 0 Å². The molecule has 0 spiro atoms. The standard InChI is InChI=1S/C15H18N2O3/c1-3-20-14-7-5-4-6-12(14)13(18)9-17-10-16-11(2)8-15(17)19/h4-8,10,13,18H,3,9H2,1-2H3. The van der Waals surface area contributed by atoms with Gasteiger partial charge in [0.1, 0.15) is 11.9 Å². The third kappa shape index (κ3) is 3.24. The van der Waals surface area contributed by atoms with E-state index in [4.69, 9.17) is 4.74 Å². The van der Waals surface area contributed by atoms with Crippen molar-refractivity contribution >= 4 is 0 Å². The zero-order valence-electron chi connectivity index (χ0n) is 11.6. The normalized spacial score (nSPS) is 12.2. The summed E-state index contributed by atoms with van der Waals surface area (Å²) in [6.07, 6.45) is 0.629. The number of aliphatic hydroxyl groups excluding tert-OH is 1. The van der Waals surface area contributed by atoms with Crippen LogP contribution in [0.15, 0.2) is 41.5 Å². The zero-order chi connectivity index (χ0) is 14.5. The molecule has 1 N–H and O–H groups in total. The number of rotatable bonds is 5. The van der Waals surface area contributed by atoms with Gasteiger partial charge in [0.2, 0.25) is 0 Å². The van der Waals surface area contributed by atoms with E-state index in [1.807, 2.05) is 19.1 Å². The number of aliphatic hydroxyl groups is 1. The first kappa shape index (κ1) is 14.3. The lowest BCUT2D eigenvalue weighted by Crippen LogP contribution is -2.23. The Labute approximate surface area is 117 Å². The van der Waals surface area contributed by atoms with Crippen molar-refractivity contribution in [3.05, 3.63) is 58.3 Å². The molecule has 2 rings (SSSR count). The van der Waals surface area contributed by atoms with Crippen LogP contribution in [0.2, 0.25) is 0 Å². The third-order valence-electron chi connectivity index (χ3n) is 2.96. The van der Waals surface area contributed by atoms with Gasteiger partial charge in [-0.1, -0.05) is 18.2 Å². The van der Waals surface area contributed by atoms with E-state index in [-0.39, 0.29) is 12.1 Å². The first-order valence-electron chi connectivity index (χ1n) is 6.54. The monoisotopic (exact) mass is 274 g/mol. The lowest BCUT2D eigenvalue weighted by molar-refractivity contribution is 0.149. The molecule has 1 unspecified atom stereocenters. The molecule has 1 heterocycles. The molecule has 1 aromatic heterocycles. The van der Waals surface area contributed by atoms with Crippen molar-refractivity contribution in [1.82, 2.24) is 9.55 Å². The fourth-order valence-corrected chi connectivity index (χ4v) is 1.98. The Hall–Kier alpha value is -2.14. The maximum atomic E-state index is 11.8. The van der Waals surface area contributed by atoms with Crippen LogP contribution in [0.5, 0.6) is 5.75 Å². The lowest BCUT2D eigenvalue weighted by Gasteiger charge is -2.16. The number of nitrogens with zero attached hydrogens (tertiary/aromatic N) is 2. The van der Waals surface area contributed by atoms with Crippen LogP contribution in [0.25, 0.3) is 0 Å². The van der Waals surface area contributed by atoms with Crippen molar-refractivity contribution in [3.8, 4) is 5.75 Å². The van der Waals surface area contributed by atoms with Crippen LogP contribution in [0.1, 0.15) is 24.3 Å². The second kappa shape index (κ2) is 6.34. The van der Waals surface area contributed by atoms with Crippen LogP contribution >= 0.6 is 0 Å². The summed E-state index contributed by atoms with van der Waals surface area (Å²) in [5.41, 5.74) is 1.16. The van der Waals surface area contributed by atoms with Crippen molar-refractivity contribution < 1.29 is 9.84 Å². The van der Waals surface area contributed by atoms with Crippen molar-refractivity contribution in [1.29, 1.82) is 0 Å². The highest BCUT2D eigenvalue weighted by Gasteiger charge is 2.14. The predicted octanol–water partition coefficient (Wildman–Crippen LogP) is 1.68. The topological polar surface area (TPSA) is 64.3 Å². The van der Waals surface area contributed by atoms with Crippen LogP contribution in [-0.4, -0.2) is 21.3 Å². The molecule has 0 saturated heterocycles. The van der Waals surface area contributed by atoms with Crippen molar-refractivity contribution in [2.45, 2.75) is 26.5 Å². The predicted molar refractivity (Wildman–Crippen MR) is 75.8 cm³/mol. The van der Waals surface area contributed by atoms with E-state index in [0.29, 0.717) is 23.6 Å². The molecule has 0 fully saturated rings. The van der Waals surface area contributed by atoms with E-state index in [0.717, 1.165) is 0 Å². The summed E-state index contributed by atoms with van der Waals surface area (Å²) in [7, 11) is 0. The number of aromatic nitrogens is 2. The summed E-state index contributed by atoms with van der Waals surface area (Å²) in [5.74, 6) is 0.635. The van der Waals surface area contributed by atoms with Gasteiger partial charge in [-0.05, 0) is 19.9 Å². The van der Waals surface area contributed by atoms with Gasteiger partial charge in [0.05, 0.1) is 19.5 Å². The number of hydrogen-bond donors (Lipinski definition) is 1. The number of aryl methyl sites for hydroxylation is 1. The lowest BCUT2D eigenvalue weighted by atomic mass is 10.1. The Morgan fingerprint density at radius 2 is 2.15 bits per heavy atom. The molecule has 2 aromatic rings. The summed E-state index contributed by atoms with van der Waals surface area (Å²) in [6.45, 7) is 4.32. The van der Waals surface area contributed by atoms with E-state index in [1.165, 1.54) is 17.0 Å². The van der Waals surface area contributed by atoms with Gasteiger partial charge >= 0.3 is 0 Å². The third-order valence-corrected chi connectivity index (χ3v) is 2.96. The number of ether oxygens (including phenoxy) is 1. The second-order valence-electron chi connectivity index (χ2n) is 4.51. The van der Waals surface area contributed by atoms with E-state index in [1.54, 1.807) is 19.1 Å². The van der Waals surface area contributed by atoms with Gasteiger partial charge in [-0.3, -0.25) is 9.36 Å². The van der Waals surface area contributed by atoms with Crippen molar-refractivity contribution in [2.75, 3.05) is 6.61 Å². The molecule has 0 aliphatic carbocycles. The van der Waals surface area contributed by atoms with Crippen molar-refractivity contribution in [2.24, 2.45) is 0 Å². The maximum Gasteiger partial charge on any atom is 0.253 e. The molecule has 106 valence electrons. The Balaban J connectivity index is 2.23. The molecule has 1 atom stereocenters.